The molecule has 6 heteroatoms. The number of rotatable bonds is 3. The summed E-state index contributed by atoms with van der Waals surface area (Å²) in [5.41, 5.74) is 3.14. The molecule has 0 saturated heterocycles. The van der Waals surface area contributed by atoms with Gasteiger partial charge in [0, 0.05) is 3.57 Å². The van der Waals surface area contributed by atoms with E-state index in [-0.39, 0.29) is 5.71 Å². The fourth-order valence-corrected chi connectivity index (χ4v) is 1.51. The molecule has 0 aliphatic heterocycles. The maximum atomic E-state index is 8.49. The summed E-state index contributed by atoms with van der Waals surface area (Å²) in [6.45, 7) is 0. The Labute approximate surface area is 106 Å². The second-order valence-corrected chi connectivity index (χ2v) is 3.80. The van der Waals surface area contributed by atoms with Crippen molar-refractivity contribution in [1.29, 1.82) is 10.5 Å². The van der Waals surface area contributed by atoms with Crippen LogP contribution in [0.4, 0.5) is 5.69 Å². The molecule has 0 aromatic heterocycles. The standard InChI is InChI=1S/C10H7IN4O/c1-16-8-2-3-10(9(11)4-8)15-14-7(5-12)6-13/h2-4,15H,1H3. The number of nitrogens with one attached hydrogen (secondary N) is 1. The van der Waals surface area contributed by atoms with Gasteiger partial charge in [-0.15, -0.1) is 0 Å². The maximum Gasteiger partial charge on any atom is 0.237 e. The van der Waals surface area contributed by atoms with Crippen LogP contribution in [0.15, 0.2) is 23.3 Å². The van der Waals surface area contributed by atoms with Crippen molar-refractivity contribution in [1.82, 2.24) is 0 Å². The maximum absolute atomic E-state index is 8.49. The Bertz CT molecular complexity index is 483. The summed E-state index contributed by atoms with van der Waals surface area (Å²) in [5, 5.41) is 20.6. The molecular formula is C10H7IN4O. The average Bonchev–Trinajstić information content (AvgIpc) is 2.32. The second-order valence-electron chi connectivity index (χ2n) is 2.64. The van der Waals surface area contributed by atoms with Crippen molar-refractivity contribution < 1.29 is 4.74 Å². The van der Waals surface area contributed by atoms with E-state index < -0.39 is 0 Å². The smallest absolute Gasteiger partial charge is 0.237 e. The van der Waals surface area contributed by atoms with E-state index >= 15 is 0 Å². The van der Waals surface area contributed by atoms with Gasteiger partial charge in [0.05, 0.1) is 12.8 Å². The summed E-state index contributed by atoms with van der Waals surface area (Å²) in [6.07, 6.45) is 0. The Balaban J connectivity index is 2.88. The number of hydrogen-bond donors (Lipinski definition) is 1. The molecule has 0 spiro atoms. The van der Waals surface area contributed by atoms with Gasteiger partial charge in [-0.3, -0.25) is 5.43 Å². The molecule has 0 fully saturated rings. The topological polar surface area (TPSA) is 81.2 Å². The fraction of sp³-hybridized carbons (Fsp3) is 0.100. The Kier molecular flexibility index (Phi) is 4.55. The molecule has 5 nitrogen and oxygen atoms in total. The number of halogens is 1. The van der Waals surface area contributed by atoms with Crippen molar-refractivity contribution in [2.45, 2.75) is 0 Å². The molecule has 1 N–H and O–H groups in total. The van der Waals surface area contributed by atoms with E-state index in [1.807, 2.05) is 6.07 Å². The lowest BCUT2D eigenvalue weighted by molar-refractivity contribution is 0.414. The molecule has 80 valence electrons. The molecule has 0 atom stereocenters. The van der Waals surface area contributed by atoms with E-state index in [1.165, 1.54) is 0 Å². The first-order chi connectivity index (χ1) is 7.71. The predicted molar refractivity (Wildman–Crippen MR) is 68.0 cm³/mol. The molecule has 0 aliphatic rings. The number of anilines is 1. The third-order valence-corrected chi connectivity index (χ3v) is 2.57. The van der Waals surface area contributed by atoms with Gasteiger partial charge >= 0.3 is 0 Å². The fourth-order valence-electron chi connectivity index (χ4n) is 0.905. The van der Waals surface area contributed by atoms with Crippen molar-refractivity contribution in [3.05, 3.63) is 21.8 Å². The monoisotopic (exact) mass is 326 g/mol. The zero-order chi connectivity index (χ0) is 12.0. The van der Waals surface area contributed by atoms with E-state index in [2.05, 4.69) is 33.1 Å². The first kappa shape index (κ1) is 12.3. The van der Waals surface area contributed by atoms with Crippen LogP contribution in [0.3, 0.4) is 0 Å². The number of hydrogen-bond acceptors (Lipinski definition) is 5. The van der Waals surface area contributed by atoms with E-state index in [9.17, 15) is 0 Å². The first-order valence-electron chi connectivity index (χ1n) is 4.18. The number of benzene rings is 1. The van der Waals surface area contributed by atoms with Crippen molar-refractivity contribution in [3.63, 3.8) is 0 Å². The van der Waals surface area contributed by atoms with Gasteiger partial charge in [0.2, 0.25) is 5.71 Å². The van der Waals surface area contributed by atoms with Crippen LogP contribution in [0.5, 0.6) is 5.75 Å². The highest BCUT2D eigenvalue weighted by atomic mass is 127. The molecule has 0 aliphatic carbocycles. The van der Waals surface area contributed by atoms with Crippen LogP contribution in [-0.4, -0.2) is 12.8 Å². The molecule has 0 heterocycles. The van der Waals surface area contributed by atoms with Gasteiger partial charge in [-0.2, -0.15) is 15.6 Å². The summed E-state index contributed by atoms with van der Waals surface area (Å²) in [5.74, 6) is 0.736. The highest BCUT2D eigenvalue weighted by Crippen LogP contribution is 2.23. The molecular weight excluding hydrogens is 319 g/mol. The molecule has 0 bridgehead atoms. The molecule has 0 saturated carbocycles. The van der Waals surface area contributed by atoms with Crippen LogP contribution in [0.2, 0.25) is 0 Å². The quantitative estimate of drug-likeness (QED) is 0.524. The molecule has 0 radical (unpaired) electrons. The lowest BCUT2D eigenvalue weighted by Crippen LogP contribution is -1.98. The van der Waals surface area contributed by atoms with Crippen LogP contribution in [0.1, 0.15) is 0 Å². The minimum atomic E-state index is -0.216. The third-order valence-electron chi connectivity index (χ3n) is 1.68. The van der Waals surface area contributed by atoms with Crippen molar-refractivity contribution in [2.24, 2.45) is 5.10 Å². The second kappa shape index (κ2) is 5.93. The number of hydrazone groups is 1. The summed E-state index contributed by atoms with van der Waals surface area (Å²) in [4.78, 5) is 0. The molecule has 0 unspecified atom stereocenters. The summed E-state index contributed by atoms with van der Waals surface area (Å²) >= 11 is 2.10. The Morgan fingerprint density at radius 2 is 2.12 bits per heavy atom. The minimum Gasteiger partial charge on any atom is -0.497 e. The van der Waals surface area contributed by atoms with Gasteiger partial charge in [-0.05, 0) is 40.8 Å². The van der Waals surface area contributed by atoms with Crippen molar-refractivity contribution >= 4 is 34.0 Å². The van der Waals surface area contributed by atoms with Crippen molar-refractivity contribution in [2.75, 3.05) is 12.5 Å². The Morgan fingerprint density at radius 1 is 1.44 bits per heavy atom. The summed E-state index contributed by atoms with van der Waals surface area (Å²) in [7, 11) is 1.58. The van der Waals surface area contributed by atoms with Crippen LogP contribution in [0.25, 0.3) is 0 Å². The number of nitrogens with zero attached hydrogens (tertiary/aromatic N) is 3. The number of nitriles is 2. The van der Waals surface area contributed by atoms with E-state index in [4.69, 9.17) is 15.3 Å². The lowest BCUT2D eigenvalue weighted by Gasteiger charge is -2.05. The minimum absolute atomic E-state index is 0.216. The van der Waals surface area contributed by atoms with Gasteiger partial charge in [-0.25, -0.2) is 0 Å². The molecule has 0 amide bonds. The van der Waals surface area contributed by atoms with Gasteiger partial charge in [0.25, 0.3) is 0 Å². The zero-order valence-corrected chi connectivity index (χ0v) is 10.5. The highest BCUT2D eigenvalue weighted by molar-refractivity contribution is 14.1. The van der Waals surface area contributed by atoms with Crippen molar-refractivity contribution in [3.8, 4) is 17.9 Å². The van der Waals surface area contributed by atoms with E-state index in [0.717, 1.165) is 9.32 Å². The molecule has 1 rings (SSSR count). The van der Waals surface area contributed by atoms with Gasteiger partial charge in [0.15, 0.2) is 0 Å². The summed E-state index contributed by atoms with van der Waals surface area (Å²) in [6, 6.07) is 8.67. The highest BCUT2D eigenvalue weighted by Gasteiger charge is 2.01. The lowest BCUT2D eigenvalue weighted by atomic mass is 10.3. The SMILES string of the molecule is COc1ccc(NN=C(C#N)C#N)c(I)c1. The van der Waals surface area contributed by atoms with Gasteiger partial charge < -0.3 is 4.74 Å². The van der Waals surface area contributed by atoms with E-state index in [0.29, 0.717) is 5.69 Å². The zero-order valence-electron chi connectivity index (χ0n) is 8.36. The van der Waals surface area contributed by atoms with Crippen LogP contribution < -0.4 is 10.2 Å². The van der Waals surface area contributed by atoms with Gasteiger partial charge in [0.1, 0.15) is 17.9 Å². The molecule has 16 heavy (non-hydrogen) atoms. The Morgan fingerprint density at radius 3 is 2.62 bits per heavy atom. The van der Waals surface area contributed by atoms with Crippen LogP contribution in [0, 0.1) is 26.2 Å². The first-order valence-corrected chi connectivity index (χ1v) is 5.26. The normalized spacial score (nSPS) is 8.50. The Hall–Kier alpha value is -1.80. The third kappa shape index (κ3) is 3.11. The van der Waals surface area contributed by atoms with E-state index in [1.54, 1.807) is 31.4 Å². The van der Waals surface area contributed by atoms with Crippen LogP contribution >= 0.6 is 22.6 Å². The molecule has 1 aromatic rings. The number of methoxy groups -OCH3 is 1. The largest absolute Gasteiger partial charge is 0.497 e. The summed E-state index contributed by atoms with van der Waals surface area (Å²) < 4.78 is 5.93. The van der Waals surface area contributed by atoms with Crippen LogP contribution in [-0.2, 0) is 0 Å². The average molecular weight is 326 g/mol. The molecule has 1 aromatic carbocycles. The predicted octanol–water partition coefficient (Wildman–Crippen LogP) is 2.11. The van der Waals surface area contributed by atoms with Gasteiger partial charge in [-0.1, -0.05) is 0 Å². The number of ether oxygens (including phenoxy) is 1.